The van der Waals surface area contributed by atoms with Crippen LogP contribution in [0.15, 0.2) is 42.5 Å². The Morgan fingerprint density at radius 1 is 1.16 bits per heavy atom. The minimum absolute atomic E-state index is 0.00545. The van der Waals surface area contributed by atoms with Crippen molar-refractivity contribution >= 4 is 39.1 Å². The van der Waals surface area contributed by atoms with Crippen molar-refractivity contribution in [1.82, 2.24) is 14.8 Å². The minimum atomic E-state index is -4.70. The number of hydrogen-bond acceptors (Lipinski definition) is 5. The summed E-state index contributed by atoms with van der Waals surface area (Å²) in [5.41, 5.74) is 5.81. The van der Waals surface area contributed by atoms with Gasteiger partial charge in [0.05, 0.1) is 5.69 Å². The van der Waals surface area contributed by atoms with Gasteiger partial charge < -0.3 is 11.1 Å². The van der Waals surface area contributed by atoms with Crippen LogP contribution in [0.1, 0.15) is 31.5 Å². The number of rotatable bonds is 4. The molecule has 4 rings (SSSR count). The maximum atomic E-state index is 13.5. The zero-order chi connectivity index (χ0) is 23.2. The van der Waals surface area contributed by atoms with Gasteiger partial charge in [-0.3, -0.25) is 14.3 Å². The number of alkyl halides is 3. The maximum Gasteiger partial charge on any atom is 0.433 e. The number of hydrogen-bond donors (Lipinski definition) is 2. The van der Waals surface area contributed by atoms with E-state index in [0.717, 1.165) is 11.8 Å². The van der Waals surface area contributed by atoms with Crippen LogP contribution in [-0.4, -0.2) is 26.6 Å². The molecular weight excluding hydrogens is 443 g/mol. The molecule has 0 saturated carbocycles. The second-order valence-electron chi connectivity index (χ2n) is 7.02. The van der Waals surface area contributed by atoms with Crippen molar-refractivity contribution in [2.24, 2.45) is 12.8 Å². The molecule has 4 aromatic rings. The van der Waals surface area contributed by atoms with Gasteiger partial charge in [-0.2, -0.15) is 18.3 Å². The first-order chi connectivity index (χ1) is 15.1. The second-order valence-corrected chi connectivity index (χ2v) is 8.02. The molecule has 3 heterocycles. The van der Waals surface area contributed by atoms with Crippen molar-refractivity contribution in [3.05, 3.63) is 64.4 Å². The zero-order valence-electron chi connectivity index (χ0n) is 16.8. The number of halogens is 3. The van der Waals surface area contributed by atoms with Crippen LogP contribution in [0.5, 0.6) is 0 Å². The lowest BCUT2D eigenvalue weighted by molar-refractivity contribution is -0.140. The van der Waals surface area contributed by atoms with Gasteiger partial charge in [-0.15, -0.1) is 11.3 Å². The molecule has 0 fully saturated rings. The fourth-order valence-electron chi connectivity index (χ4n) is 3.23. The Bertz CT molecular complexity index is 1340. The molecule has 3 aromatic heterocycles. The number of nitrogens with two attached hydrogens (primary N) is 1. The van der Waals surface area contributed by atoms with Gasteiger partial charge >= 0.3 is 6.18 Å². The van der Waals surface area contributed by atoms with Crippen LogP contribution in [0.3, 0.4) is 0 Å². The molecule has 32 heavy (non-hydrogen) atoms. The van der Waals surface area contributed by atoms with Crippen LogP contribution in [0, 0.1) is 6.92 Å². The molecular formula is C21H16F3N5O2S. The predicted octanol–water partition coefficient (Wildman–Crippen LogP) is 4.38. The highest BCUT2D eigenvalue weighted by molar-refractivity contribution is 7.21. The first kappa shape index (κ1) is 21.5. The minimum Gasteiger partial charge on any atom is -0.365 e. The molecule has 0 spiro atoms. The predicted molar refractivity (Wildman–Crippen MR) is 114 cm³/mol. The van der Waals surface area contributed by atoms with Crippen molar-refractivity contribution < 1.29 is 22.8 Å². The third-order valence-electron chi connectivity index (χ3n) is 4.85. The summed E-state index contributed by atoms with van der Waals surface area (Å²) in [5, 5.41) is 6.91. The molecule has 0 aliphatic rings. The molecule has 1 aromatic carbocycles. The number of aromatic nitrogens is 3. The number of pyridine rings is 1. The Morgan fingerprint density at radius 2 is 1.84 bits per heavy atom. The summed E-state index contributed by atoms with van der Waals surface area (Å²) in [4.78, 5) is 28.5. The summed E-state index contributed by atoms with van der Waals surface area (Å²) in [6.07, 6.45) is -4.70. The van der Waals surface area contributed by atoms with Crippen molar-refractivity contribution in [2.75, 3.05) is 5.32 Å². The first-order valence-corrected chi connectivity index (χ1v) is 10.1. The third-order valence-corrected chi connectivity index (χ3v) is 5.94. The molecule has 2 amide bonds. The van der Waals surface area contributed by atoms with E-state index in [1.165, 1.54) is 4.68 Å². The van der Waals surface area contributed by atoms with Crippen molar-refractivity contribution in [3.63, 3.8) is 0 Å². The third kappa shape index (κ3) is 3.82. The highest BCUT2D eigenvalue weighted by Gasteiger charge is 2.35. The van der Waals surface area contributed by atoms with Crippen LogP contribution in [0.4, 0.5) is 18.9 Å². The van der Waals surface area contributed by atoms with Crippen LogP contribution < -0.4 is 11.1 Å². The molecule has 7 nitrogen and oxygen atoms in total. The SMILES string of the molecule is Cc1cc(C(=O)Nc2c(C(N)=O)sc3nc(C(F)(F)F)cc(-c4ccccc4)c23)nn1C. The number of carbonyl (C=O) groups is 2. The lowest BCUT2D eigenvalue weighted by Gasteiger charge is -2.12. The largest absolute Gasteiger partial charge is 0.433 e. The molecule has 0 bridgehead atoms. The number of carbonyl (C=O) groups excluding carboxylic acids is 2. The Morgan fingerprint density at radius 3 is 2.41 bits per heavy atom. The molecule has 0 aliphatic heterocycles. The number of fused-ring (bicyclic) bond motifs is 1. The van der Waals surface area contributed by atoms with Gasteiger partial charge in [-0.05, 0) is 30.2 Å². The topological polar surface area (TPSA) is 103 Å². The van der Waals surface area contributed by atoms with Gasteiger partial charge in [0, 0.05) is 18.1 Å². The number of nitrogens with zero attached hydrogens (tertiary/aromatic N) is 3. The average molecular weight is 459 g/mol. The lowest BCUT2D eigenvalue weighted by atomic mass is 10.0. The van der Waals surface area contributed by atoms with Crippen molar-refractivity contribution in [2.45, 2.75) is 13.1 Å². The number of amides is 2. The molecule has 0 saturated heterocycles. The fraction of sp³-hybridized carbons (Fsp3) is 0.143. The van der Waals surface area contributed by atoms with Gasteiger partial charge in [-0.25, -0.2) is 4.98 Å². The monoisotopic (exact) mass is 459 g/mol. The Balaban J connectivity index is 1.98. The average Bonchev–Trinajstić information content (AvgIpc) is 3.27. The van der Waals surface area contributed by atoms with Gasteiger partial charge in [0.25, 0.3) is 11.8 Å². The Labute approximate surface area is 183 Å². The number of nitrogens with one attached hydrogen (secondary N) is 1. The van der Waals surface area contributed by atoms with E-state index in [9.17, 15) is 22.8 Å². The first-order valence-electron chi connectivity index (χ1n) is 9.28. The zero-order valence-corrected chi connectivity index (χ0v) is 17.6. The van der Waals surface area contributed by atoms with E-state index in [2.05, 4.69) is 15.4 Å². The van der Waals surface area contributed by atoms with Crippen LogP contribution in [-0.2, 0) is 13.2 Å². The maximum absolute atomic E-state index is 13.5. The molecule has 164 valence electrons. The molecule has 0 radical (unpaired) electrons. The summed E-state index contributed by atoms with van der Waals surface area (Å²) in [6.45, 7) is 1.76. The van der Waals surface area contributed by atoms with E-state index in [1.807, 2.05) is 0 Å². The fourth-order valence-corrected chi connectivity index (χ4v) is 4.24. The quantitative estimate of drug-likeness (QED) is 0.473. The van der Waals surface area contributed by atoms with Gasteiger partial charge in [-0.1, -0.05) is 30.3 Å². The number of thiophene rings is 1. The number of aryl methyl sites for hydroxylation is 2. The smallest absolute Gasteiger partial charge is 0.365 e. The molecule has 0 atom stereocenters. The van der Waals surface area contributed by atoms with E-state index < -0.39 is 23.7 Å². The van der Waals surface area contributed by atoms with Gasteiger partial charge in [0.2, 0.25) is 0 Å². The van der Waals surface area contributed by atoms with E-state index >= 15 is 0 Å². The standard InChI is InChI=1S/C21H16F3N5O2S/c1-10-8-13(28-29(10)2)19(31)27-16-15-12(11-6-4-3-5-7-11)9-14(21(22,23)24)26-20(15)32-17(16)18(25)30/h3-9H,1-2H3,(H2,25,30)(H,27,31). The summed E-state index contributed by atoms with van der Waals surface area (Å²) in [5.74, 6) is -1.53. The molecule has 3 N–H and O–H groups in total. The van der Waals surface area contributed by atoms with Crippen LogP contribution >= 0.6 is 11.3 Å². The Kier molecular flexibility index (Phi) is 5.21. The van der Waals surface area contributed by atoms with Crippen molar-refractivity contribution in [3.8, 4) is 11.1 Å². The van der Waals surface area contributed by atoms with E-state index in [-0.39, 0.29) is 32.0 Å². The number of primary amides is 1. The lowest BCUT2D eigenvalue weighted by Crippen LogP contribution is -2.17. The van der Waals surface area contributed by atoms with Crippen LogP contribution in [0.25, 0.3) is 21.3 Å². The highest BCUT2D eigenvalue weighted by atomic mass is 32.1. The summed E-state index contributed by atoms with van der Waals surface area (Å²) >= 11 is 0.691. The van der Waals surface area contributed by atoms with Crippen molar-refractivity contribution in [1.29, 1.82) is 0 Å². The number of benzene rings is 1. The summed E-state index contributed by atoms with van der Waals surface area (Å²) < 4.78 is 42.1. The Hall–Kier alpha value is -3.73. The van der Waals surface area contributed by atoms with Gasteiger partial charge in [0.15, 0.2) is 5.69 Å². The molecule has 0 aliphatic carbocycles. The van der Waals surface area contributed by atoms with Gasteiger partial charge in [0.1, 0.15) is 15.4 Å². The van der Waals surface area contributed by atoms with E-state index in [0.29, 0.717) is 16.9 Å². The van der Waals surface area contributed by atoms with E-state index in [1.54, 1.807) is 50.4 Å². The number of anilines is 1. The van der Waals surface area contributed by atoms with E-state index in [4.69, 9.17) is 5.73 Å². The summed E-state index contributed by atoms with van der Waals surface area (Å²) in [6, 6.07) is 10.8. The van der Waals surface area contributed by atoms with Crippen LogP contribution in [0.2, 0.25) is 0 Å². The summed E-state index contributed by atoms with van der Waals surface area (Å²) in [7, 11) is 1.66. The highest BCUT2D eigenvalue weighted by Crippen LogP contribution is 2.43. The normalized spacial score (nSPS) is 11.7. The molecule has 11 heteroatoms. The second kappa shape index (κ2) is 7.75. The molecule has 0 unspecified atom stereocenters.